The number of aryl methyl sites for hydroxylation is 1. The monoisotopic (exact) mass is 444 g/mol. The molecule has 1 aromatic carbocycles. The summed E-state index contributed by atoms with van der Waals surface area (Å²) < 4.78 is 15.3. The van der Waals surface area contributed by atoms with E-state index in [0.29, 0.717) is 6.04 Å². The molecule has 6 rings (SSSR count). The molecule has 8 heteroatoms. The Morgan fingerprint density at radius 1 is 0.970 bits per heavy atom. The van der Waals surface area contributed by atoms with Crippen LogP contribution in [0.1, 0.15) is 24.4 Å². The number of hydrogen-bond acceptors (Lipinski definition) is 6. The topological polar surface area (TPSA) is 70.2 Å². The molecule has 0 amide bonds. The molecule has 8 nitrogen and oxygen atoms in total. The average molecular weight is 445 g/mol. The van der Waals surface area contributed by atoms with E-state index < -0.39 is 0 Å². The summed E-state index contributed by atoms with van der Waals surface area (Å²) >= 11 is 0. The average Bonchev–Trinajstić information content (AvgIpc) is 3.52. The van der Waals surface area contributed by atoms with Gasteiger partial charge >= 0.3 is 0 Å². The van der Waals surface area contributed by atoms with E-state index in [1.165, 1.54) is 5.56 Å². The van der Waals surface area contributed by atoms with Crippen molar-refractivity contribution in [3.05, 3.63) is 54.5 Å². The van der Waals surface area contributed by atoms with Crippen LogP contribution >= 0.6 is 0 Å². The fourth-order valence-electron chi connectivity index (χ4n) is 4.78. The van der Waals surface area contributed by atoms with E-state index in [0.717, 1.165) is 86.3 Å². The van der Waals surface area contributed by atoms with E-state index >= 15 is 0 Å². The number of nitrogens with zero attached hydrogens (tertiary/aromatic N) is 6. The largest absolute Gasteiger partial charge is 0.381 e. The molecule has 0 spiro atoms. The number of benzene rings is 1. The summed E-state index contributed by atoms with van der Waals surface area (Å²) in [6.07, 6.45) is 5.89. The number of imidazole rings is 1. The quantitative estimate of drug-likeness (QED) is 0.477. The summed E-state index contributed by atoms with van der Waals surface area (Å²) in [5, 5.41) is 4.87. The maximum atomic E-state index is 5.60. The first-order chi connectivity index (χ1) is 16.3. The Bertz CT molecular complexity index is 1270. The Morgan fingerprint density at radius 3 is 2.61 bits per heavy atom. The molecule has 170 valence electrons. The first kappa shape index (κ1) is 20.4. The molecule has 0 aliphatic carbocycles. The highest BCUT2D eigenvalue weighted by molar-refractivity contribution is 5.88. The SMILES string of the molecule is Cc1cccc(-c2ccn(-c3cc(N4CCOCC4)c4ncn(C5CCOCC5)c4n3)n2)c1. The maximum Gasteiger partial charge on any atom is 0.164 e. The zero-order valence-electron chi connectivity index (χ0n) is 18.9. The molecule has 0 atom stereocenters. The number of rotatable bonds is 4. The minimum absolute atomic E-state index is 0.351. The van der Waals surface area contributed by atoms with Crippen molar-refractivity contribution >= 4 is 16.9 Å². The Labute approximate surface area is 192 Å². The van der Waals surface area contributed by atoms with Gasteiger partial charge in [0.05, 0.1) is 30.9 Å². The van der Waals surface area contributed by atoms with Gasteiger partial charge in [-0.2, -0.15) is 5.10 Å². The van der Waals surface area contributed by atoms with E-state index in [2.05, 4.69) is 46.7 Å². The molecule has 33 heavy (non-hydrogen) atoms. The zero-order valence-corrected chi connectivity index (χ0v) is 18.9. The molecular weight excluding hydrogens is 416 g/mol. The lowest BCUT2D eigenvalue weighted by molar-refractivity contribution is 0.0704. The molecular formula is C25H28N6O2. The van der Waals surface area contributed by atoms with Gasteiger partial charge in [0.25, 0.3) is 0 Å². The van der Waals surface area contributed by atoms with Crippen LogP contribution in [0.3, 0.4) is 0 Å². The van der Waals surface area contributed by atoms with Gasteiger partial charge in [-0.1, -0.05) is 23.8 Å². The fourth-order valence-corrected chi connectivity index (χ4v) is 4.78. The van der Waals surface area contributed by atoms with Gasteiger partial charge < -0.3 is 18.9 Å². The van der Waals surface area contributed by atoms with Crippen LogP contribution in [0.5, 0.6) is 0 Å². The van der Waals surface area contributed by atoms with Gasteiger partial charge in [0.15, 0.2) is 11.5 Å². The highest BCUT2D eigenvalue weighted by atomic mass is 16.5. The third-order valence-electron chi connectivity index (χ3n) is 6.57. The van der Waals surface area contributed by atoms with Crippen LogP contribution in [0.4, 0.5) is 5.69 Å². The van der Waals surface area contributed by atoms with Crippen LogP contribution < -0.4 is 4.90 Å². The van der Waals surface area contributed by atoms with Crippen molar-refractivity contribution in [1.29, 1.82) is 0 Å². The number of fused-ring (bicyclic) bond motifs is 1. The second kappa shape index (κ2) is 8.61. The number of pyridine rings is 1. The molecule has 2 aliphatic heterocycles. The molecule has 0 saturated carbocycles. The first-order valence-corrected chi connectivity index (χ1v) is 11.7. The van der Waals surface area contributed by atoms with Crippen LogP contribution in [0, 0.1) is 6.92 Å². The van der Waals surface area contributed by atoms with E-state index in [1.54, 1.807) is 0 Å². The third kappa shape index (κ3) is 3.89. The van der Waals surface area contributed by atoms with Crippen molar-refractivity contribution in [3.63, 3.8) is 0 Å². The van der Waals surface area contributed by atoms with Gasteiger partial charge in [0, 0.05) is 50.2 Å². The molecule has 5 heterocycles. The van der Waals surface area contributed by atoms with Gasteiger partial charge in [-0.05, 0) is 31.9 Å². The van der Waals surface area contributed by atoms with E-state index in [4.69, 9.17) is 24.5 Å². The summed E-state index contributed by atoms with van der Waals surface area (Å²) in [5.41, 5.74) is 6.21. The van der Waals surface area contributed by atoms with Crippen molar-refractivity contribution in [2.45, 2.75) is 25.8 Å². The number of hydrogen-bond donors (Lipinski definition) is 0. The zero-order chi connectivity index (χ0) is 22.2. The minimum atomic E-state index is 0.351. The van der Waals surface area contributed by atoms with Crippen LogP contribution in [-0.4, -0.2) is 63.8 Å². The first-order valence-electron chi connectivity index (χ1n) is 11.7. The molecule has 0 bridgehead atoms. The molecule has 2 aliphatic rings. The van der Waals surface area contributed by atoms with Crippen molar-refractivity contribution in [1.82, 2.24) is 24.3 Å². The smallest absolute Gasteiger partial charge is 0.164 e. The Balaban J connectivity index is 1.46. The number of aromatic nitrogens is 5. The number of morpholine rings is 1. The predicted octanol–water partition coefficient (Wildman–Crippen LogP) is 3.78. The molecule has 2 saturated heterocycles. The lowest BCUT2D eigenvalue weighted by Gasteiger charge is -2.29. The van der Waals surface area contributed by atoms with Crippen molar-refractivity contribution in [2.75, 3.05) is 44.4 Å². The van der Waals surface area contributed by atoms with Crippen LogP contribution in [-0.2, 0) is 9.47 Å². The van der Waals surface area contributed by atoms with E-state index in [-0.39, 0.29) is 0 Å². The van der Waals surface area contributed by atoms with Gasteiger partial charge in [-0.25, -0.2) is 14.6 Å². The van der Waals surface area contributed by atoms with Crippen molar-refractivity contribution in [3.8, 4) is 17.1 Å². The second-order valence-electron chi connectivity index (χ2n) is 8.78. The second-order valence-corrected chi connectivity index (χ2v) is 8.78. The summed E-state index contributed by atoms with van der Waals surface area (Å²) in [6, 6.07) is 12.9. The lowest BCUT2D eigenvalue weighted by atomic mass is 10.1. The van der Waals surface area contributed by atoms with Crippen LogP contribution in [0.15, 0.2) is 48.9 Å². The molecule has 0 unspecified atom stereocenters. The maximum absolute atomic E-state index is 5.60. The molecule has 0 radical (unpaired) electrons. The summed E-state index contributed by atoms with van der Waals surface area (Å²) in [7, 11) is 0. The normalized spacial score (nSPS) is 17.7. The highest BCUT2D eigenvalue weighted by Gasteiger charge is 2.23. The Hall–Kier alpha value is -3.23. The van der Waals surface area contributed by atoms with Gasteiger partial charge in [0.2, 0.25) is 0 Å². The lowest BCUT2D eigenvalue weighted by Crippen LogP contribution is -2.36. The Morgan fingerprint density at radius 2 is 1.79 bits per heavy atom. The predicted molar refractivity (Wildman–Crippen MR) is 127 cm³/mol. The summed E-state index contributed by atoms with van der Waals surface area (Å²) in [6.45, 7) is 6.78. The van der Waals surface area contributed by atoms with Gasteiger partial charge in [0.1, 0.15) is 5.52 Å². The number of ether oxygens (including phenoxy) is 2. The molecule has 2 fully saturated rings. The molecule has 3 aromatic heterocycles. The molecule has 0 N–H and O–H groups in total. The van der Waals surface area contributed by atoms with E-state index in [9.17, 15) is 0 Å². The summed E-state index contributed by atoms with van der Waals surface area (Å²) in [4.78, 5) is 12.2. The van der Waals surface area contributed by atoms with Crippen molar-refractivity contribution in [2.24, 2.45) is 0 Å². The fraction of sp³-hybridized carbons (Fsp3) is 0.400. The highest BCUT2D eigenvalue weighted by Crippen LogP contribution is 2.32. The van der Waals surface area contributed by atoms with Gasteiger partial charge in [-0.15, -0.1) is 0 Å². The van der Waals surface area contributed by atoms with Crippen LogP contribution in [0.25, 0.3) is 28.2 Å². The standard InChI is InChI=1S/C25H28N6O2/c1-18-3-2-4-19(15-18)21-5-8-31(28-21)23-16-22(29-9-13-33-14-10-29)24-25(27-23)30(17-26-24)20-6-11-32-12-7-20/h2-5,8,15-17,20H,6-7,9-14H2,1H3. The Kier molecular flexibility index (Phi) is 5.32. The third-order valence-corrected chi connectivity index (χ3v) is 6.57. The van der Waals surface area contributed by atoms with E-state index in [1.807, 2.05) is 23.3 Å². The summed E-state index contributed by atoms with van der Waals surface area (Å²) in [5.74, 6) is 0.803. The molecule has 4 aromatic rings. The van der Waals surface area contributed by atoms with Gasteiger partial charge in [-0.3, -0.25) is 0 Å². The number of anilines is 1. The van der Waals surface area contributed by atoms with Crippen molar-refractivity contribution < 1.29 is 9.47 Å². The van der Waals surface area contributed by atoms with Crippen LogP contribution in [0.2, 0.25) is 0 Å². The minimum Gasteiger partial charge on any atom is -0.381 e.